The number of ether oxygens (including phenoxy) is 3. The average Bonchev–Trinajstić information content (AvgIpc) is 2.67. The largest absolute Gasteiger partial charge is 0.493 e. The molecule has 0 aliphatic rings. The summed E-state index contributed by atoms with van der Waals surface area (Å²) in [5.41, 5.74) is 3.05. The highest BCUT2D eigenvalue weighted by Crippen LogP contribution is 2.29. The van der Waals surface area contributed by atoms with Crippen molar-refractivity contribution in [1.82, 2.24) is 5.32 Å². The van der Waals surface area contributed by atoms with E-state index in [1.807, 2.05) is 71.0 Å². The van der Waals surface area contributed by atoms with Gasteiger partial charge >= 0.3 is 0 Å². The lowest BCUT2D eigenvalue weighted by Crippen LogP contribution is -2.37. The lowest BCUT2D eigenvalue weighted by molar-refractivity contribution is -0.128. The Kier molecular flexibility index (Phi) is 7.73. The lowest BCUT2D eigenvalue weighted by atomic mass is 10.1. The van der Waals surface area contributed by atoms with E-state index in [2.05, 4.69) is 5.32 Å². The summed E-state index contributed by atoms with van der Waals surface area (Å²) in [6.07, 6.45) is 0.113. The molecule has 2 aromatic carbocycles. The van der Waals surface area contributed by atoms with Crippen LogP contribution in [0.1, 0.15) is 43.9 Å². The number of amides is 1. The number of rotatable bonds is 9. The summed E-state index contributed by atoms with van der Waals surface area (Å²) >= 11 is 0. The second-order valence-electron chi connectivity index (χ2n) is 7.15. The average molecular weight is 386 g/mol. The van der Waals surface area contributed by atoms with Crippen molar-refractivity contribution in [2.24, 2.45) is 0 Å². The van der Waals surface area contributed by atoms with Gasteiger partial charge in [-0.25, -0.2) is 0 Å². The molecule has 1 amide bonds. The molecule has 0 aliphatic carbocycles. The number of nitrogens with one attached hydrogen (secondary N) is 1. The maximum absolute atomic E-state index is 12.6. The van der Waals surface area contributed by atoms with Crippen LogP contribution in [-0.2, 0) is 11.3 Å². The van der Waals surface area contributed by atoms with Crippen molar-refractivity contribution in [3.63, 3.8) is 0 Å². The van der Waals surface area contributed by atoms with E-state index in [0.717, 1.165) is 22.4 Å². The number of benzene rings is 2. The van der Waals surface area contributed by atoms with E-state index in [1.165, 1.54) is 0 Å². The first-order valence-electron chi connectivity index (χ1n) is 9.69. The van der Waals surface area contributed by atoms with Crippen molar-refractivity contribution in [1.29, 1.82) is 0 Å². The van der Waals surface area contributed by atoms with E-state index in [9.17, 15) is 4.79 Å². The number of carbonyl (C=O) groups excluding carboxylic acids is 1. The molecule has 0 aromatic heterocycles. The first kappa shape index (κ1) is 21.6. The van der Waals surface area contributed by atoms with Crippen LogP contribution in [0.15, 0.2) is 36.4 Å². The number of aryl methyl sites for hydroxylation is 2. The molecule has 5 nitrogen and oxygen atoms in total. The molecule has 0 saturated carbocycles. The highest BCUT2D eigenvalue weighted by molar-refractivity contribution is 5.81. The molecule has 152 valence electrons. The lowest BCUT2D eigenvalue weighted by Gasteiger charge is -2.19. The van der Waals surface area contributed by atoms with Crippen LogP contribution in [0.25, 0.3) is 0 Å². The fourth-order valence-corrected chi connectivity index (χ4v) is 2.79. The Morgan fingerprint density at radius 1 is 1.00 bits per heavy atom. The van der Waals surface area contributed by atoms with Gasteiger partial charge in [0, 0.05) is 6.54 Å². The van der Waals surface area contributed by atoms with E-state index in [4.69, 9.17) is 14.2 Å². The number of carbonyl (C=O) groups is 1. The molecule has 0 fully saturated rings. The van der Waals surface area contributed by atoms with E-state index < -0.39 is 6.10 Å². The summed E-state index contributed by atoms with van der Waals surface area (Å²) < 4.78 is 17.1. The second-order valence-corrected chi connectivity index (χ2v) is 7.15. The van der Waals surface area contributed by atoms with Gasteiger partial charge in [0.25, 0.3) is 5.91 Å². The predicted molar refractivity (Wildman–Crippen MR) is 111 cm³/mol. The van der Waals surface area contributed by atoms with Crippen LogP contribution in [0, 0.1) is 13.8 Å². The molecular formula is C23H31NO4. The molecule has 0 spiro atoms. The Labute approximate surface area is 168 Å². The SMILES string of the molecule is CC[C@H](Oc1cc(C)ccc1C)C(=O)NCc1ccc(OC(C)C)c(OC)c1. The van der Waals surface area contributed by atoms with Gasteiger partial charge in [0.1, 0.15) is 5.75 Å². The fraction of sp³-hybridized carbons (Fsp3) is 0.435. The molecule has 28 heavy (non-hydrogen) atoms. The zero-order chi connectivity index (χ0) is 20.7. The van der Waals surface area contributed by atoms with Crippen LogP contribution in [0.3, 0.4) is 0 Å². The zero-order valence-electron chi connectivity index (χ0n) is 17.7. The van der Waals surface area contributed by atoms with Gasteiger partial charge in [-0.1, -0.05) is 25.1 Å². The van der Waals surface area contributed by atoms with Gasteiger partial charge in [0.15, 0.2) is 17.6 Å². The molecule has 0 bridgehead atoms. The van der Waals surface area contributed by atoms with Gasteiger partial charge in [0.2, 0.25) is 0 Å². The van der Waals surface area contributed by atoms with Gasteiger partial charge in [-0.3, -0.25) is 4.79 Å². The third-order valence-corrected chi connectivity index (χ3v) is 4.33. The van der Waals surface area contributed by atoms with Crippen LogP contribution in [0.5, 0.6) is 17.2 Å². The standard InChI is InChI=1S/C23H31NO4/c1-7-19(28-21-12-16(4)8-9-17(21)5)23(25)24-14-18-10-11-20(27-15(2)3)22(13-18)26-6/h8-13,15,19H,7,14H2,1-6H3,(H,24,25)/t19-/m0/s1. The third-order valence-electron chi connectivity index (χ3n) is 4.33. The van der Waals surface area contributed by atoms with Crippen molar-refractivity contribution in [3.8, 4) is 17.2 Å². The Hall–Kier alpha value is -2.69. The maximum atomic E-state index is 12.6. The van der Waals surface area contributed by atoms with Gasteiger partial charge in [-0.15, -0.1) is 0 Å². The minimum atomic E-state index is -0.536. The molecule has 2 aromatic rings. The molecule has 0 heterocycles. The van der Waals surface area contributed by atoms with Gasteiger partial charge in [-0.05, 0) is 69.0 Å². The molecule has 2 rings (SSSR count). The first-order valence-corrected chi connectivity index (χ1v) is 9.69. The van der Waals surface area contributed by atoms with Gasteiger partial charge in [-0.2, -0.15) is 0 Å². The van der Waals surface area contributed by atoms with Gasteiger partial charge in [0.05, 0.1) is 13.2 Å². The topological polar surface area (TPSA) is 56.8 Å². The fourth-order valence-electron chi connectivity index (χ4n) is 2.79. The summed E-state index contributed by atoms with van der Waals surface area (Å²) in [5.74, 6) is 1.96. The maximum Gasteiger partial charge on any atom is 0.261 e. The van der Waals surface area contributed by atoms with Crippen LogP contribution >= 0.6 is 0 Å². The Morgan fingerprint density at radius 3 is 2.39 bits per heavy atom. The summed E-state index contributed by atoms with van der Waals surface area (Å²) in [7, 11) is 1.61. The molecular weight excluding hydrogens is 354 g/mol. The third kappa shape index (κ3) is 5.91. The van der Waals surface area contributed by atoms with Crippen molar-refractivity contribution >= 4 is 5.91 Å². The van der Waals surface area contributed by atoms with Crippen LogP contribution in [-0.4, -0.2) is 25.2 Å². The van der Waals surface area contributed by atoms with E-state index in [0.29, 0.717) is 24.5 Å². The van der Waals surface area contributed by atoms with Crippen molar-refractivity contribution in [2.75, 3.05) is 7.11 Å². The smallest absolute Gasteiger partial charge is 0.261 e. The molecule has 0 saturated heterocycles. The Balaban J connectivity index is 2.02. The first-order chi connectivity index (χ1) is 13.3. The highest BCUT2D eigenvalue weighted by atomic mass is 16.5. The minimum Gasteiger partial charge on any atom is -0.493 e. The van der Waals surface area contributed by atoms with Crippen LogP contribution < -0.4 is 19.5 Å². The molecule has 0 aliphatic heterocycles. The summed E-state index contributed by atoms with van der Waals surface area (Å²) in [4.78, 5) is 12.6. The normalized spacial score (nSPS) is 11.8. The quantitative estimate of drug-likeness (QED) is 0.687. The Bertz CT molecular complexity index is 801. The predicted octanol–water partition coefficient (Wildman–Crippen LogP) is 4.57. The molecule has 1 atom stereocenters. The number of methoxy groups -OCH3 is 1. The second kappa shape index (κ2) is 10.0. The molecule has 1 N–H and O–H groups in total. The van der Waals surface area contributed by atoms with Crippen molar-refractivity contribution in [2.45, 2.75) is 59.8 Å². The highest BCUT2D eigenvalue weighted by Gasteiger charge is 2.19. The Morgan fingerprint density at radius 2 is 1.75 bits per heavy atom. The summed E-state index contributed by atoms with van der Waals surface area (Å²) in [6.45, 7) is 10.3. The van der Waals surface area contributed by atoms with Crippen molar-refractivity contribution < 1.29 is 19.0 Å². The monoisotopic (exact) mass is 385 g/mol. The molecule has 5 heteroatoms. The minimum absolute atomic E-state index is 0.0620. The number of hydrogen-bond acceptors (Lipinski definition) is 4. The van der Waals surface area contributed by atoms with Gasteiger partial charge < -0.3 is 19.5 Å². The van der Waals surface area contributed by atoms with E-state index >= 15 is 0 Å². The molecule has 0 unspecified atom stereocenters. The van der Waals surface area contributed by atoms with E-state index in [-0.39, 0.29) is 12.0 Å². The summed E-state index contributed by atoms with van der Waals surface area (Å²) in [5, 5.41) is 2.96. The number of hydrogen-bond donors (Lipinski definition) is 1. The van der Waals surface area contributed by atoms with Crippen molar-refractivity contribution in [3.05, 3.63) is 53.1 Å². The summed E-state index contributed by atoms with van der Waals surface area (Å²) in [6, 6.07) is 11.7. The van der Waals surface area contributed by atoms with E-state index in [1.54, 1.807) is 7.11 Å². The van der Waals surface area contributed by atoms with Crippen LogP contribution in [0.4, 0.5) is 0 Å². The van der Waals surface area contributed by atoms with Crippen LogP contribution in [0.2, 0.25) is 0 Å². The molecule has 0 radical (unpaired) electrons. The zero-order valence-corrected chi connectivity index (χ0v) is 17.7.